The molecular formula is C19H24N2O4. The van der Waals surface area contributed by atoms with Gasteiger partial charge in [0, 0.05) is 13.1 Å². The summed E-state index contributed by atoms with van der Waals surface area (Å²) in [6, 6.07) is 5.67. The van der Waals surface area contributed by atoms with Crippen LogP contribution >= 0.6 is 0 Å². The van der Waals surface area contributed by atoms with Crippen molar-refractivity contribution in [2.45, 2.75) is 39.2 Å². The third-order valence-electron chi connectivity index (χ3n) is 3.99. The zero-order valence-electron chi connectivity index (χ0n) is 14.9. The lowest BCUT2D eigenvalue weighted by molar-refractivity contribution is -0.132. The van der Waals surface area contributed by atoms with E-state index in [1.807, 2.05) is 32.9 Å². The summed E-state index contributed by atoms with van der Waals surface area (Å²) in [4.78, 5) is 25.3. The van der Waals surface area contributed by atoms with Crippen molar-refractivity contribution in [2.75, 3.05) is 25.0 Å². The van der Waals surface area contributed by atoms with Crippen LogP contribution in [0.25, 0.3) is 6.08 Å². The number of ether oxygens (including phenoxy) is 2. The molecule has 1 amide bonds. The molecule has 0 bridgehead atoms. The van der Waals surface area contributed by atoms with Gasteiger partial charge in [0.25, 0.3) is 0 Å². The van der Waals surface area contributed by atoms with Gasteiger partial charge in [-0.2, -0.15) is 0 Å². The molecule has 6 nitrogen and oxygen atoms in total. The van der Waals surface area contributed by atoms with Crippen LogP contribution in [-0.4, -0.2) is 42.2 Å². The predicted molar refractivity (Wildman–Crippen MR) is 95.6 cm³/mol. The molecule has 0 atom stereocenters. The van der Waals surface area contributed by atoms with Gasteiger partial charge in [0.15, 0.2) is 5.75 Å². The first-order valence-electron chi connectivity index (χ1n) is 8.56. The number of carbonyl (C=O) groups is 2. The molecule has 6 heteroatoms. The highest BCUT2D eigenvalue weighted by Gasteiger charge is 2.25. The van der Waals surface area contributed by atoms with Crippen LogP contribution in [0.2, 0.25) is 0 Å². The number of esters is 1. The van der Waals surface area contributed by atoms with Gasteiger partial charge in [-0.1, -0.05) is 17.7 Å². The second-order valence-corrected chi connectivity index (χ2v) is 7.39. The van der Waals surface area contributed by atoms with Gasteiger partial charge in [0.2, 0.25) is 0 Å². The van der Waals surface area contributed by atoms with Gasteiger partial charge in [-0.15, -0.1) is 0 Å². The fraction of sp³-hybridized carbons (Fsp3) is 0.474. The fourth-order valence-electron chi connectivity index (χ4n) is 2.93. The van der Waals surface area contributed by atoms with Crippen molar-refractivity contribution < 1.29 is 19.1 Å². The lowest BCUT2D eigenvalue weighted by atomic mass is 10.0. The fourth-order valence-corrected chi connectivity index (χ4v) is 2.93. The van der Waals surface area contributed by atoms with E-state index in [1.165, 1.54) is 5.57 Å². The molecule has 2 heterocycles. The Balaban J connectivity index is 1.71. The summed E-state index contributed by atoms with van der Waals surface area (Å²) in [6.07, 6.45) is 3.71. The summed E-state index contributed by atoms with van der Waals surface area (Å²) in [5.41, 5.74) is 2.53. The van der Waals surface area contributed by atoms with Gasteiger partial charge in [-0.25, -0.2) is 9.59 Å². The van der Waals surface area contributed by atoms with Crippen molar-refractivity contribution in [3.8, 4) is 5.75 Å². The van der Waals surface area contributed by atoms with Crippen LogP contribution in [0.5, 0.6) is 5.75 Å². The predicted octanol–water partition coefficient (Wildman–Crippen LogP) is 3.43. The number of hydrogen-bond acceptors (Lipinski definition) is 5. The minimum absolute atomic E-state index is 0.180. The molecule has 0 radical (unpaired) electrons. The van der Waals surface area contributed by atoms with Crippen molar-refractivity contribution in [2.24, 2.45) is 0 Å². The topological polar surface area (TPSA) is 67.9 Å². The van der Waals surface area contributed by atoms with E-state index in [2.05, 4.69) is 11.4 Å². The lowest BCUT2D eigenvalue weighted by Crippen LogP contribution is -2.40. The van der Waals surface area contributed by atoms with E-state index >= 15 is 0 Å². The summed E-state index contributed by atoms with van der Waals surface area (Å²) < 4.78 is 10.6. The highest BCUT2D eigenvalue weighted by Crippen LogP contribution is 2.30. The zero-order chi connectivity index (χ0) is 18.0. The number of fused-ring (bicyclic) bond motifs is 1. The Morgan fingerprint density at radius 1 is 1.36 bits per heavy atom. The molecule has 0 spiro atoms. The first-order chi connectivity index (χ1) is 11.8. The standard InChI is InChI=1S/C19H24N2O4/c1-19(2,3)25-18(23)21-8-4-5-14(12-21)9-13-6-7-16-15(10-13)20-11-17(22)24-16/h6-7,9-10,20H,4-5,8,11-12H2,1-3H3. The maximum absolute atomic E-state index is 12.3. The number of rotatable bonds is 1. The van der Waals surface area contributed by atoms with E-state index < -0.39 is 5.60 Å². The van der Waals surface area contributed by atoms with Gasteiger partial charge in [0.1, 0.15) is 12.1 Å². The summed E-state index contributed by atoms with van der Waals surface area (Å²) in [5.74, 6) is 0.274. The Morgan fingerprint density at radius 3 is 2.92 bits per heavy atom. The Hall–Kier alpha value is -2.50. The third-order valence-corrected chi connectivity index (χ3v) is 3.99. The molecule has 0 aliphatic carbocycles. The molecule has 134 valence electrons. The van der Waals surface area contributed by atoms with Crippen LogP contribution in [0.1, 0.15) is 39.2 Å². The molecule has 1 saturated heterocycles. The van der Waals surface area contributed by atoms with Gasteiger partial charge in [0.05, 0.1) is 5.69 Å². The summed E-state index contributed by atoms with van der Waals surface area (Å²) in [7, 11) is 0. The first-order valence-corrected chi connectivity index (χ1v) is 8.56. The number of benzene rings is 1. The monoisotopic (exact) mass is 344 g/mol. The first kappa shape index (κ1) is 17.3. The molecular weight excluding hydrogens is 320 g/mol. The highest BCUT2D eigenvalue weighted by atomic mass is 16.6. The molecule has 3 rings (SSSR count). The SMILES string of the molecule is CC(C)(C)OC(=O)N1CCCC(=Cc2ccc3c(c2)NCC(=O)O3)C1. The average Bonchev–Trinajstić information content (AvgIpc) is 2.54. The Morgan fingerprint density at radius 2 is 2.16 bits per heavy atom. The average molecular weight is 344 g/mol. The quantitative estimate of drug-likeness (QED) is 0.624. The van der Waals surface area contributed by atoms with E-state index in [9.17, 15) is 9.59 Å². The smallest absolute Gasteiger partial charge is 0.410 e. The van der Waals surface area contributed by atoms with Crippen LogP contribution in [0.4, 0.5) is 10.5 Å². The number of nitrogens with one attached hydrogen (secondary N) is 1. The lowest BCUT2D eigenvalue weighted by Gasteiger charge is -2.31. The summed E-state index contributed by atoms with van der Waals surface area (Å²) in [6.45, 7) is 7.09. The zero-order valence-corrected chi connectivity index (χ0v) is 14.9. The normalized spacial score (nSPS) is 19.1. The third kappa shape index (κ3) is 4.53. The molecule has 0 saturated carbocycles. The minimum Gasteiger partial charge on any atom is -0.444 e. The van der Waals surface area contributed by atoms with Crippen LogP contribution in [0.15, 0.2) is 23.8 Å². The number of anilines is 1. The maximum atomic E-state index is 12.3. The van der Waals surface area contributed by atoms with E-state index in [4.69, 9.17) is 9.47 Å². The number of amides is 1. The minimum atomic E-state index is -0.486. The Labute approximate surface area is 147 Å². The maximum Gasteiger partial charge on any atom is 0.410 e. The van der Waals surface area contributed by atoms with Crippen LogP contribution in [0.3, 0.4) is 0 Å². The van der Waals surface area contributed by atoms with Crippen LogP contribution in [-0.2, 0) is 9.53 Å². The molecule has 1 fully saturated rings. The van der Waals surface area contributed by atoms with Gasteiger partial charge >= 0.3 is 12.1 Å². The van der Waals surface area contributed by atoms with E-state index in [-0.39, 0.29) is 18.6 Å². The molecule has 2 aliphatic heterocycles. The van der Waals surface area contributed by atoms with Gasteiger partial charge in [-0.3, -0.25) is 0 Å². The van der Waals surface area contributed by atoms with Gasteiger partial charge in [-0.05, 0) is 51.3 Å². The Bertz CT molecular complexity index is 719. The second kappa shape index (κ2) is 6.78. The Kier molecular flexibility index (Phi) is 4.70. The molecule has 0 unspecified atom stereocenters. The summed E-state index contributed by atoms with van der Waals surface area (Å²) >= 11 is 0. The largest absolute Gasteiger partial charge is 0.444 e. The van der Waals surface area contributed by atoms with E-state index in [0.29, 0.717) is 18.8 Å². The van der Waals surface area contributed by atoms with E-state index in [0.717, 1.165) is 24.1 Å². The molecule has 1 N–H and O–H groups in total. The van der Waals surface area contributed by atoms with Gasteiger partial charge < -0.3 is 19.7 Å². The molecule has 1 aromatic carbocycles. The van der Waals surface area contributed by atoms with Crippen molar-refractivity contribution >= 4 is 23.8 Å². The van der Waals surface area contributed by atoms with Crippen molar-refractivity contribution in [3.63, 3.8) is 0 Å². The van der Waals surface area contributed by atoms with Crippen LogP contribution < -0.4 is 10.1 Å². The highest BCUT2D eigenvalue weighted by molar-refractivity contribution is 5.84. The second-order valence-electron chi connectivity index (χ2n) is 7.39. The number of carbonyl (C=O) groups excluding carboxylic acids is 2. The molecule has 0 aromatic heterocycles. The van der Waals surface area contributed by atoms with Crippen molar-refractivity contribution in [1.29, 1.82) is 0 Å². The number of likely N-dealkylation sites (tertiary alicyclic amines) is 1. The number of piperidine rings is 1. The number of nitrogens with zero attached hydrogens (tertiary/aromatic N) is 1. The molecule has 2 aliphatic rings. The van der Waals surface area contributed by atoms with E-state index in [1.54, 1.807) is 11.0 Å². The van der Waals surface area contributed by atoms with Crippen LogP contribution in [0, 0.1) is 0 Å². The van der Waals surface area contributed by atoms with Crippen molar-refractivity contribution in [1.82, 2.24) is 4.90 Å². The summed E-state index contributed by atoms with van der Waals surface area (Å²) in [5, 5.41) is 3.05. The number of hydrogen-bond donors (Lipinski definition) is 1. The molecule has 1 aromatic rings. The molecule has 25 heavy (non-hydrogen) atoms. The van der Waals surface area contributed by atoms with Crippen molar-refractivity contribution in [3.05, 3.63) is 29.3 Å².